The van der Waals surface area contributed by atoms with E-state index in [0.717, 1.165) is 6.54 Å². The van der Waals surface area contributed by atoms with Gasteiger partial charge in [-0.15, -0.1) is 0 Å². The molecule has 1 aliphatic heterocycles. The molecular formula is C9H20N2O. The molecule has 1 fully saturated rings. The summed E-state index contributed by atoms with van der Waals surface area (Å²) < 4.78 is 0. The van der Waals surface area contributed by atoms with E-state index >= 15 is 0 Å². The average Bonchev–Trinajstić information content (AvgIpc) is 2.05. The van der Waals surface area contributed by atoms with Crippen molar-refractivity contribution in [2.24, 2.45) is 0 Å². The summed E-state index contributed by atoms with van der Waals surface area (Å²) in [6.45, 7) is 7.55. The minimum atomic E-state index is 0.223. The average molecular weight is 172 g/mol. The van der Waals surface area contributed by atoms with E-state index in [4.69, 9.17) is 0 Å². The molecule has 12 heavy (non-hydrogen) atoms. The molecule has 1 aliphatic rings. The second kappa shape index (κ2) is 5.14. The SMILES string of the molecule is CC.C[C@H]1CN(C)C(=O)CN1C. The van der Waals surface area contributed by atoms with Crippen molar-refractivity contribution in [1.82, 2.24) is 9.80 Å². The zero-order chi connectivity index (χ0) is 9.72. The molecule has 1 heterocycles. The molecule has 0 aromatic rings. The number of carbonyl (C=O) groups excluding carboxylic acids is 1. The van der Waals surface area contributed by atoms with Gasteiger partial charge in [0.25, 0.3) is 0 Å². The van der Waals surface area contributed by atoms with E-state index in [2.05, 4.69) is 11.8 Å². The molecule has 0 bridgehead atoms. The van der Waals surface area contributed by atoms with Crippen molar-refractivity contribution in [2.45, 2.75) is 26.8 Å². The Bertz CT molecular complexity index is 147. The van der Waals surface area contributed by atoms with Crippen LogP contribution < -0.4 is 0 Å². The number of rotatable bonds is 0. The molecular weight excluding hydrogens is 152 g/mol. The maximum atomic E-state index is 11.0. The van der Waals surface area contributed by atoms with Gasteiger partial charge in [-0.05, 0) is 14.0 Å². The Labute approximate surface area is 75.3 Å². The Balaban J connectivity index is 0.000000561. The summed E-state index contributed by atoms with van der Waals surface area (Å²) >= 11 is 0. The van der Waals surface area contributed by atoms with E-state index in [1.807, 2.05) is 27.9 Å². The number of amides is 1. The van der Waals surface area contributed by atoms with Crippen molar-refractivity contribution in [3.63, 3.8) is 0 Å². The number of carbonyl (C=O) groups is 1. The van der Waals surface area contributed by atoms with Crippen molar-refractivity contribution in [2.75, 3.05) is 27.2 Å². The van der Waals surface area contributed by atoms with Gasteiger partial charge in [0.15, 0.2) is 0 Å². The second-order valence-electron chi connectivity index (χ2n) is 3.04. The van der Waals surface area contributed by atoms with Gasteiger partial charge >= 0.3 is 0 Å². The van der Waals surface area contributed by atoms with Crippen LogP contribution in [-0.2, 0) is 4.79 Å². The fourth-order valence-corrected chi connectivity index (χ4v) is 1.13. The van der Waals surface area contributed by atoms with Crippen LogP contribution in [0.4, 0.5) is 0 Å². The van der Waals surface area contributed by atoms with Gasteiger partial charge in [-0.1, -0.05) is 13.8 Å². The van der Waals surface area contributed by atoms with Crippen LogP contribution in [0.25, 0.3) is 0 Å². The number of nitrogens with zero attached hydrogens (tertiary/aromatic N) is 2. The maximum Gasteiger partial charge on any atom is 0.236 e. The summed E-state index contributed by atoms with van der Waals surface area (Å²) in [7, 11) is 3.83. The molecule has 1 saturated heterocycles. The largest absolute Gasteiger partial charge is 0.343 e. The van der Waals surface area contributed by atoms with Crippen molar-refractivity contribution in [1.29, 1.82) is 0 Å². The molecule has 1 rings (SSSR count). The highest BCUT2D eigenvalue weighted by Crippen LogP contribution is 2.04. The molecule has 0 radical (unpaired) electrons. The molecule has 0 saturated carbocycles. The van der Waals surface area contributed by atoms with Crippen LogP contribution in [0.1, 0.15) is 20.8 Å². The Morgan fingerprint density at radius 2 is 1.83 bits per heavy atom. The number of piperazine rings is 1. The smallest absolute Gasteiger partial charge is 0.236 e. The van der Waals surface area contributed by atoms with Gasteiger partial charge in [0, 0.05) is 19.6 Å². The molecule has 3 heteroatoms. The van der Waals surface area contributed by atoms with Crippen molar-refractivity contribution in [3.8, 4) is 0 Å². The van der Waals surface area contributed by atoms with Gasteiger partial charge in [-0.2, -0.15) is 0 Å². The van der Waals surface area contributed by atoms with Crippen LogP contribution in [0.15, 0.2) is 0 Å². The highest BCUT2D eigenvalue weighted by molar-refractivity contribution is 5.78. The first kappa shape index (κ1) is 11.4. The standard InChI is InChI=1S/C7H14N2O.C2H6/c1-6-4-9(3)7(10)5-8(6)2;1-2/h6H,4-5H2,1-3H3;1-2H3/t6-;/m0./s1. The summed E-state index contributed by atoms with van der Waals surface area (Å²) in [6, 6.07) is 0.502. The lowest BCUT2D eigenvalue weighted by molar-refractivity contribution is -0.135. The van der Waals surface area contributed by atoms with Crippen molar-refractivity contribution >= 4 is 5.91 Å². The summed E-state index contributed by atoms with van der Waals surface area (Å²) in [5.41, 5.74) is 0. The Hall–Kier alpha value is -0.570. The van der Waals surface area contributed by atoms with Crippen LogP contribution in [0.3, 0.4) is 0 Å². The molecule has 72 valence electrons. The number of likely N-dealkylation sites (N-methyl/N-ethyl adjacent to an activating group) is 2. The minimum absolute atomic E-state index is 0.223. The lowest BCUT2D eigenvalue weighted by Crippen LogP contribution is -2.51. The quantitative estimate of drug-likeness (QED) is 0.540. The molecule has 0 aromatic heterocycles. The van der Waals surface area contributed by atoms with Gasteiger partial charge in [0.1, 0.15) is 0 Å². The van der Waals surface area contributed by atoms with Gasteiger partial charge < -0.3 is 4.90 Å². The molecule has 0 aliphatic carbocycles. The molecule has 0 N–H and O–H groups in total. The van der Waals surface area contributed by atoms with Gasteiger partial charge in [0.05, 0.1) is 6.54 Å². The third kappa shape index (κ3) is 2.81. The summed E-state index contributed by atoms with van der Waals surface area (Å²) in [6.07, 6.45) is 0. The summed E-state index contributed by atoms with van der Waals surface area (Å²) in [4.78, 5) is 14.9. The van der Waals surface area contributed by atoms with Gasteiger partial charge in [-0.25, -0.2) is 0 Å². The lowest BCUT2D eigenvalue weighted by Gasteiger charge is -2.34. The van der Waals surface area contributed by atoms with Crippen LogP contribution in [0.2, 0.25) is 0 Å². The fourth-order valence-electron chi connectivity index (χ4n) is 1.13. The molecule has 0 unspecified atom stereocenters. The minimum Gasteiger partial charge on any atom is -0.343 e. The Morgan fingerprint density at radius 3 is 2.25 bits per heavy atom. The second-order valence-corrected chi connectivity index (χ2v) is 3.04. The zero-order valence-electron chi connectivity index (χ0n) is 8.79. The topological polar surface area (TPSA) is 23.6 Å². The molecule has 1 amide bonds. The lowest BCUT2D eigenvalue weighted by atomic mass is 10.2. The van der Waals surface area contributed by atoms with Gasteiger partial charge in [-0.3, -0.25) is 9.69 Å². The number of hydrogen-bond donors (Lipinski definition) is 0. The van der Waals surface area contributed by atoms with E-state index in [-0.39, 0.29) is 5.91 Å². The first-order valence-corrected chi connectivity index (χ1v) is 4.55. The predicted octanol–water partition coefficient (Wildman–Crippen LogP) is 0.805. The molecule has 0 spiro atoms. The van der Waals surface area contributed by atoms with E-state index in [9.17, 15) is 4.79 Å². The first-order valence-electron chi connectivity index (χ1n) is 4.55. The predicted molar refractivity (Wildman–Crippen MR) is 51.1 cm³/mol. The normalized spacial score (nSPS) is 24.9. The van der Waals surface area contributed by atoms with Crippen LogP contribution >= 0.6 is 0 Å². The third-order valence-corrected chi connectivity index (χ3v) is 2.10. The highest BCUT2D eigenvalue weighted by atomic mass is 16.2. The van der Waals surface area contributed by atoms with E-state index in [1.54, 1.807) is 4.90 Å². The summed E-state index contributed by atoms with van der Waals surface area (Å²) in [5, 5.41) is 0. The number of hydrogen-bond acceptors (Lipinski definition) is 2. The Morgan fingerprint density at radius 1 is 1.33 bits per heavy atom. The van der Waals surface area contributed by atoms with Crippen LogP contribution in [-0.4, -0.2) is 48.9 Å². The van der Waals surface area contributed by atoms with Crippen molar-refractivity contribution in [3.05, 3.63) is 0 Å². The zero-order valence-corrected chi connectivity index (χ0v) is 8.79. The monoisotopic (exact) mass is 172 g/mol. The molecule has 1 atom stereocenters. The maximum absolute atomic E-state index is 11.0. The van der Waals surface area contributed by atoms with E-state index in [1.165, 1.54) is 0 Å². The molecule has 0 aromatic carbocycles. The third-order valence-electron chi connectivity index (χ3n) is 2.10. The summed E-state index contributed by atoms with van der Waals surface area (Å²) in [5.74, 6) is 0.223. The van der Waals surface area contributed by atoms with E-state index in [0.29, 0.717) is 12.6 Å². The van der Waals surface area contributed by atoms with Crippen LogP contribution in [0.5, 0.6) is 0 Å². The van der Waals surface area contributed by atoms with Crippen LogP contribution in [0, 0.1) is 0 Å². The molecule has 3 nitrogen and oxygen atoms in total. The van der Waals surface area contributed by atoms with E-state index < -0.39 is 0 Å². The Kier molecular flexibility index (Phi) is 4.90. The van der Waals surface area contributed by atoms with Crippen molar-refractivity contribution < 1.29 is 4.79 Å². The fraction of sp³-hybridized carbons (Fsp3) is 0.889. The highest BCUT2D eigenvalue weighted by Gasteiger charge is 2.23. The van der Waals surface area contributed by atoms with Gasteiger partial charge in [0.2, 0.25) is 5.91 Å². The first-order chi connectivity index (χ1) is 5.61.